The number of nitrogens with zero attached hydrogens (tertiary/aromatic N) is 1. The van der Waals surface area contributed by atoms with Crippen molar-refractivity contribution in [2.75, 3.05) is 4.90 Å². The maximum Gasteiger partial charge on any atom is 0.416 e. The number of aliphatic hydroxyl groups excluding tert-OH is 1. The zero-order valence-electron chi connectivity index (χ0n) is 13.9. The monoisotopic (exact) mass is 395 g/mol. The van der Waals surface area contributed by atoms with E-state index in [1.165, 1.54) is 12.1 Å². The van der Waals surface area contributed by atoms with Crippen LogP contribution in [0.5, 0.6) is 0 Å². The van der Waals surface area contributed by atoms with Gasteiger partial charge in [-0.2, -0.15) is 13.2 Å². The van der Waals surface area contributed by atoms with Crippen LogP contribution in [0, 0.1) is 0 Å². The third-order valence-electron chi connectivity index (χ3n) is 4.24. The highest BCUT2D eigenvalue weighted by molar-refractivity contribution is 6.31. The summed E-state index contributed by atoms with van der Waals surface area (Å²) in [5.41, 5.74) is -0.964. The Kier molecular flexibility index (Phi) is 4.73. The Morgan fingerprint density at radius 2 is 1.81 bits per heavy atom. The van der Waals surface area contributed by atoms with E-state index >= 15 is 0 Å². The standard InChI is InChI=1S/C19H13ClF3NO3/c1-10(25)15-16(13-7-2-3-8-14(13)20)24(18(27)17(15)26)12-6-4-5-11(9-12)19(21,22)23/h2-9,16,26H,1H3/t16-/m0/s1. The molecule has 0 bridgehead atoms. The molecule has 0 saturated carbocycles. The summed E-state index contributed by atoms with van der Waals surface area (Å²) in [6.07, 6.45) is -4.61. The number of halogens is 4. The fourth-order valence-corrected chi connectivity index (χ4v) is 3.29. The predicted octanol–water partition coefficient (Wildman–Crippen LogP) is 4.85. The van der Waals surface area contributed by atoms with E-state index < -0.39 is 35.2 Å². The van der Waals surface area contributed by atoms with Crippen LogP contribution in [0.2, 0.25) is 5.02 Å². The second-order valence-electron chi connectivity index (χ2n) is 5.97. The van der Waals surface area contributed by atoms with Crippen LogP contribution >= 0.6 is 11.6 Å². The first-order valence-electron chi connectivity index (χ1n) is 7.82. The average Bonchev–Trinajstić information content (AvgIpc) is 2.86. The first kappa shape index (κ1) is 19.0. The largest absolute Gasteiger partial charge is 0.503 e. The van der Waals surface area contributed by atoms with Crippen LogP contribution in [-0.4, -0.2) is 16.8 Å². The highest BCUT2D eigenvalue weighted by Crippen LogP contribution is 2.44. The Morgan fingerprint density at radius 3 is 2.41 bits per heavy atom. The van der Waals surface area contributed by atoms with Gasteiger partial charge in [0.2, 0.25) is 0 Å². The van der Waals surface area contributed by atoms with Gasteiger partial charge >= 0.3 is 6.18 Å². The van der Waals surface area contributed by atoms with Gasteiger partial charge in [0.15, 0.2) is 11.5 Å². The van der Waals surface area contributed by atoms with E-state index in [0.717, 1.165) is 30.0 Å². The fourth-order valence-electron chi connectivity index (χ4n) is 3.05. The molecule has 8 heteroatoms. The Hall–Kier alpha value is -2.80. The summed E-state index contributed by atoms with van der Waals surface area (Å²) in [5, 5.41) is 10.4. The lowest BCUT2D eigenvalue weighted by molar-refractivity contribution is -0.137. The van der Waals surface area contributed by atoms with Gasteiger partial charge in [-0.3, -0.25) is 14.5 Å². The molecule has 27 heavy (non-hydrogen) atoms. The molecule has 4 nitrogen and oxygen atoms in total. The number of anilines is 1. The molecule has 3 rings (SSSR count). The van der Waals surface area contributed by atoms with Crippen molar-refractivity contribution in [1.29, 1.82) is 0 Å². The molecule has 0 spiro atoms. The minimum Gasteiger partial charge on any atom is -0.503 e. The Morgan fingerprint density at radius 1 is 1.15 bits per heavy atom. The molecule has 2 aromatic rings. The van der Waals surface area contributed by atoms with E-state index in [9.17, 15) is 27.9 Å². The summed E-state index contributed by atoms with van der Waals surface area (Å²) in [4.78, 5) is 25.6. The summed E-state index contributed by atoms with van der Waals surface area (Å²) in [6, 6.07) is 9.29. The molecule has 0 aliphatic carbocycles. The van der Waals surface area contributed by atoms with Gasteiger partial charge in [-0.1, -0.05) is 35.9 Å². The van der Waals surface area contributed by atoms with Crippen molar-refractivity contribution in [2.45, 2.75) is 19.1 Å². The zero-order chi connectivity index (χ0) is 19.9. The van der Waals surface area contributed by atoms with E-state index in [0.29, 0.717) is 5.56 Å². The lowest BCUT2D eigenvalue weighted by Crippen LogP contribution is -2.31. The van der Waals surface area contributed by atoms with Crippen LogP contribution in [0.15, 0.2) is 59.9 Å². The van der Waals surface area contributed by atoms with Gasteiger partial charge in [-0.05, 0) is 36.8 Å². The van der Waals surface area contributed by atoms with E-state index in [-0.39, 0.29) is 16.3 Å². The number of carbonyl (C=O) groups excluding carboxylic acids is 2. The summed E-state index contributed by atoms with van der Waals surface area (Å²) in [5.74, 6) is -2.35. The summed E-state index contributed by atoms with van der Waals surface area (Å²) in [6.45, 7) is 1.16. The fraction of sp³-hybridized carbons (Fsp3) is 0.158. The summed E-state index contributed by atoms with van der Waals surface area (Å²) in [7, 11) is 0. The topological polar surface area (TPSA) is 57.6 Å². The number of rotatable bonds is 3. The number of hydrogen-bond donors (Lipinski definition) is 1. The molecule has 0 radical (unpaired) electrons. The second-order valence-corrected chi connectivity index (χ2v) is 6.37. The summed E-state index contributed by atoms with van der Waals surface area (Å²) >= 11 is 6.19. The smallest absolute Gasteiger partial charge is 0.416 e. The quantitative estimate of drug-likeness (QED) is 0.808. The molecular weight excluding hydrogens is 383 g/mol. The SMILES string of the molecule is CC(=O)C1=C(O)C(=O)N(c2cccc(C(F)(F)F)c2)[C@H]1c1ccccc1Cl. The van der Waals surface area contributed by atoms with Crippen molar-refractivity contribution in [3.05, 3.63) is 76.0 Å². The minimum atomic E-state index is -4.61. The third-order valence-corrected chi connectivity index (χ3v) is 4.58. The lowest BCUT2D eigenvalue weighted by Gasteiger charge is -2.27. The van der Waals surface area contributed by atoms with Gasteiger partial charge in [0.1, 0.15) is 0 Å². The van der Waals surface area contributed by atoms with Crippen molar-refractivity contribution in [1.82, 2.24) is 0 Å². The van der Waals surface area contributed by atoms with Gasteiger partial charge in [0.25, 0.3) is 5.91 Å². The zero-order valence-corrected chi connectivity index (χ0v) is 14.7. The molecule has 1 N–H and O–H groups in total. The number of amides is 1. The van der Waals surface area contributed by atoms with Crippen molar-refractivity contribution in [3.8, 4) is 0 Å². The minimum absolute atomic E-state index is 0.109. The van der Waals surface area contributed by atoms with Gasteiger partial charge in [0.05, 0.1) is 17.2 Å². The van der Waals surface area contributed by atoms with Crippen molar-refractivity contribution in [2.24, 2.45) is 0 Å². The normalized spacial score (nSPS) is 17.6. The van der Waals surface area contributed by atoms with Crippen LogP contribution in [0.3, 0.4) is 0 Å². The molecule has 1 amide bonds. The highest BCUT2D eigenvalue weighted by atomic mass is 35.5. The molecule has 0 unspecified atom stereocenters. The predicted molar refractivity (Wildman–Crippen MR) is 93.5 cm³/mol. The van der Waals surface area contributed by atoms with Crippen LogP contribution < -0.4 is 4.90 Å². The molecule has 1 heterocycles. The number of ketones is 1. The number of benzene rings is 2. The first-order chi connectivity index (χ1) is 12.6. The summed E-state index contributed by atoms with van der Waals surface area (Å²) < 4.78 is 39.2. The lowest BCUT2D eigenvalue weighted by atomic mass is 9.96. The van der Waals surface area contributed by atoms with E-state index in [1.54, 1.807) is 18.2 Å². The van der Waals surface area contributed by atoms with Gasteiger partial charge in [-0.25, -0.2) is 0 Å². The van der Waals surface area contributed by atoms with Gasteiger partial charge in [0, 0.05) is 10.7 Å². The Balaban J connectivity index is 2.21. The molecule has 1 atom stereocenters. The number of Topliss-reactive ketones (excluding diaryl/α,β-unsaturated/α-hetero) is 1. The molecular formula is C19H13ClF3NO3. The van der Waals surface area contributed by atoms with Crippen molar-refractivity contribution < 1.29 is 27.9 Å². The van der Waals surface area contributed by atoms with E-state index in [1.807, 2.05) is 0 Å². The van der Waals surface area contributed by atoms with Crippen LogP contribution in [0.25, 0.3) is 0 Å². The third kappa shape index (κ3) is 3.30. The number of carbonyl (C=O) groups is 2. The molecule has 0 saturated heterocycles. The Bertz CT molecular complexity index is 969. The maximum atomic E-state index is 13.1. The van der Waals surface area contributed by atoms with Crippen molar-refractivity contribution >= 4 is 29.0 Å². The van der Waals surface area contributed by atoms with Crippen LogP contribution in [0.4, 0.5) is 18.9 Å². The maximum absolute atomic E-state index is 13.1. The van der Waals surface area contributed by atoms with E-state index in [4.69, 9.17) is 11.6 Å². The molecule has 0 fully saturated rings. The van der Waals surface area contributed by atoms with Crippen molar-refractivity contribution in [3.63, 3.8) is 0 Å². The highest BCUT2D eigenvalue weighted by Gasteiger charge is 2.44. The molecule has 1 aliphatic heterocycles. The molecule has 2 aromatic carbocycles. The molecule has 1 aliphatic rings. The van der Waals surface area contributed by atoms with Crippen LogP contribution in [0.1, 0.15) is 24.1 Å². The number of aliphatic hydroxyl groups is 1. The average molecular weight is 396 g/mol. The second kappa shape index (κ2) is 6.74. The Labute approximate surface area is 157 Å². The van der Waals surface area contributed by atoms with Gasteiger partial charge in [-0.15, -0.1) is 0 Å². The number of alkyl halides is 3. The molecule has 0 aromatic heterocycles. The van der Waals surface area contributed by atoms with Gasteiger partial charge < -0.3 is 5.11 Å². The molecule has 140 valence electrons. The van der Waals surface area contributed by atoms with E-state index in [2.05, 4.69) is 0 Å². The van der Waals surface area contributed by atoms with Crippen LogP contribution in [-0.2, 0) is 15.8 Å². The first-order valence-corrected chi connectivity index (χ1v) is 8.20. The number of hydrogen-bond acceptors (Lipinski definition) is 3.